The summed E-state index contributed by atoms with van der Waals surface area (Å²) in [6, 6.07) is 0.735. The molecule has 0 spiro atoms. The van der Waals surface area contributed by atoms with Crippen molar-refractivity contribution in [3.8, 4) is 0 Å². The molecule has 2 aliphatic heterocycles. The SMILES string of the molecule is CC1CCCCN1CCCNCC(=O)N1CCOCC1. The fourth-order valence-electron chi connectivity index (χ4n) is 3.02. The molecule has 0 aromatic heterocycles. The van der Waals surface area contributed by atoms with Gasteiger partial charge in [-0.2, -0.15) is 0 Å². The fraction of sp³-hybridized carbons (Fsp3) is 0.933. The Morgan fingerprint density at radius 1 is 1.25 bits per heavy atom. The molecule has 2 rings (SSSR count). The summed E-state index contributed by atoms with van der Waals surface area (Å²) < 4.78 is 5.25. The normalized spacial score (nSPS) is 24.9. The maximum absolute atomic E-state index is 11.9. The fourth-order valence-corrected chi connectivity index (χ4v) is 3.02. The molecule has 0 aliphatic carbocycles. The number of nitrogens with zero attached hydrogens (tertiary/aromatic N) is 2. The lowest BCUT2D eigenvalue weighted by atomic mass is 10.0. The molecule has 1 atom stereocenters. The first-order valence-corrected chi connectivity index (χ1v) is 8.07. The predicted molar refractivity (Wildman–Crippen MR) is 79.8 cm³/mol. The van der Waals surface area contributed by atoms with E-state index in [0.717, 1.165) is 38.6 Å². The summed E-state index contributed by atoms with van der Waals surface area (Å²) in [5.41, 5.74) is 0. The lowest BCUT2D eigenvalue weighted by Gasteiger charge is -2.33. The molecule has 0 aromatic carbocycles. The number of hydrogen-bond acceptors (Lipinski definition) is 4. The minimum Gasteiger partial charge on any atom is -0.378 e. The number of likely N-dealkylation sites (tertiary alicyclic amines) is 1. The average molecular weight is 283 g/mol. The van der Waals surface area contributed by atoms with Gasteiger partial charge in [0.25, 0.3) is 0 Å². The Morgan fingerprint density at radius 3 is 2.80 bits per heavy atom. The number of nitrogens with one attached hydrogen (secondary N) is 1. The van der Waals surface area contributed by atoms with Crippen LogP contribution in [0, 0.1) is 0 Å². The molecule has 0 radical (unpaired) electrons. The maximum atomic E-state index is 11.9. The van der Waals surface area contributed by atoms with Crippen molar-refractivity contribution in [3.63, 3.8) is 0 Å². The number of carbonyl (C=O) groups is 1. The highest BCUT2D eigenvalue weighted by Crippen LogP contribution is 2.15. The van der Waals surface area contributed by atoms with Gasteiger partial charge in [0.1, 0.15) is 0 Å². The molecular formula is C15H29N3O2. The smallest absolute Gasteiger partial charge is 0.236 e. The monoisotopic (exact) mass is 283 g/mol. The van der Waals surface area contributed by atoms with Gasteiger partial charge in [-0.15, -0.1) is 0 Å². The van der Waals surface area contributed by atoms with E-state index in [-0.39, 0.29) is 5.91 Å². The Balaban J connectivity index is 1.51. The summed E-state index contributed by atoms with van der Waals surface area (Å²) >= 11 is 0. The van der Waals surface area contributed by atoms with E-state index >= 15 is 0 Å². The van der Waals surface area contributed by atoms with Crippen molar-refractivity contribution in [2.24, 2.45) is 0 Å². The summed E-state index contributed by atoms with van der Waals surface area (Å²) in [6.45, 7) is 8.96. The minimum atomic E-state index is 0.208. The third-order valence-electron chi connectivity index (χ3n) is 4.38. The van der Waals surface area contributed by atoms with Crippen molar-refractivity contribution in [3.05, 3.63) is 0 Å². The van der Waals surface area contributed by atoms with Crippen LogP contribution in [0.4, 0.5) is 0 Å². The van der Waals surface area contributed by atoms with Gasteiger partial charge in [-0.05, 0) is 45.8 Å². The van der Waals surface area contributed by atoms with Gasteiger partial charge in [0.2, 0.25) is 5.91 Å². The first-order chi connectivity index (χ1) is 9.77. The molecule has 0 aromatic rings. The van der Waals surface area contributed by atoms with Crippen LogP contribution in [0.1, 0.15) is 32.6 Å². The topological polar surface area (TPSA) is 44.8 Å². The molecular weight excluding hydrogens is 254 g/mol. The van der Waals surface area contributed by atoms with Crippen LogP contribution in [-0.4, -0.2) is 74.2 Å². The number of carbonyl (C=O) groups excluding carboxylic acids is 1. The highest BCUT2D eigenvalue weighted by Gasteiger charge is 2.18. The molecule has 1 unspecified atom stereocenters. The van der Waals surface area contributed by atoms with Crippen molar-refractivity contribution in [2.45, 2.75) is 38.6 Å². The highest BCUT2D eigenvalue weighted by molar-refractivity contribution is 5.78. The van der Waals surface area contributed by atoms with Gasteiger partial charge >= 0.3 is 0 Å². The van der Waals surface area contributed by atoms with E-state index in [1.54, 1.807) is 0 Å². The average Bonchev–Trinajstić information content (AvgIpc) is 2.49. The Labute approximate surface area is 122 Å². The third kappa shape index (κ3) is 5.04. The van der Waals surface area contributed by atoms with E-state index in [2.05, 4.69) is 17.1 Å². The van der Waals surface area contributed by atoms with Crippen molar-refractivity contribution < 1.29 is 9.53 Å². The molecule has 0 bridgehead atoms. The quantitative estimate of drug-likeness (QED) is 0.729. The molecule has 5 heteroatoms. The second-order valence-corrected chi connectivity index (χ2v) is 5.90. The van der Waals surface area contributed by atoms with Crippen molar-refractivity contribution >= 4 is 5.91 Å². The van der Waals surface area contributed by atoms with Crippen molar-refractivity contribution in [1.29, 1.82) is 0 Å². The molecule has 116 valence electrons. The first kappa shape index (κ1) is 15.7. The van der Waals surface area contributed by atoms with Gasteiger partial charge in [0.05, 0.1) is 19.8 Å². The highest BCUT2D eigenvalue weighted by atomic mass is 16.5. The summed E-state index contributed by atoms with van der Waals surface area (Å²) in [4.78, 5) is 16.4. The van der Waals surface area contributed by atoms with Gasteiger partial charge < -0.3 is 19.9 Å². The molecule has 2 aliphatic rings. The van der Waals surface area contributed by atoms with Crippen LogP contribution >= 0.6 is 0 Å². The van der Waals surface area contributed by atoms with Crippen LogP contribution < -0.4 is 5.32 Å². The van der Waals surface area contributed by atoms with E-state index in [1.165, 1.54) is 25.8 Å². The molecule has 20 heavy (non-hydrogen) atoms. The Bertz CT molecular complexity index is 293. The summed E-state index contributed by atoms with van der Waals surface area (Å²) in [6.07, 6.45) is 5.18. The second-order valence-electron chi connectivity index (χ2n) is 5.90. The lowest BCUT2D eigenvalue weighted by Crippen LogP contribution is -2.45. The van der Waals surface area contributed by atoms with Gasteiger partial charge in [-0.25, -0.2) is 0 Å². The minimum absolute atomic E-state index is 0.208. The molecule has 0 saturated carbocycles. The zero-order valence-electron chi connectivity index (χ0n) is 12.8. The van der Waals surface area contributed by atoms with Crippen molar-refractivity contribution in [2.75, 3.05) is 52.5 Å². The first-order valence-electron chi connectivity index (χ1n) is 8.07. The number of rotatable bonds is 6. The van der Waals surface area contributed by atoms with E-state index < -0.39 is 0 Å². The Morgan fingerprint density at radius 2 is 2.05 bits per heavy atom. The number of morpholine rings is 1. The van der Waals surface area contributed by atoms with Gasteiger partial charge in [-0.3, -0.25) is 4.79 Å². The van der Waals surface area contributed by atoms with Gasteiger partial charge in [0.15, 0.2) is 0 Å². The van der Waals surface area contributed by atoms with Crippen LogP contribution in [0.2, 0.25) is 0 Å². The van der Waals surface area contributed by atoms with Gasteiger partial charge in [0, 0.05) is 19.1 Å². The van der Waals surface area contributed by atoms with Crippen LogP contribution in [0.15, 0.2) is 0 Å². The van der Waals surface area contributed by atoms with Crippen molar-refractivity contribution in [1.82, 2.24) is 15.1 Å². The van der Waals surface area contributed by atoms with Crippen LogP contribution in [0.25, 0.3) is 0 Å². The molecule has 1 N–H and O–H groups in total. The van der Waals surface area contributed by atoms with Crippen LogP contribution in [0.3, 0.4) is 0 Å². The second kappa shape index (κ2) is 8.60. The Kier molecular flexibility index (Phi) is 6.76. The van der Waals surface area contributed by atoms with E-state index in [4.69, 9.17) is 4.74 Å². The summed E-state index contributed by atoms with van der Waals surface area (Å²) in [7, 11) is 0. The number of ether oxygens (including phenoxy) is 1. The lowest BCUT2D eigenvalue weighted by molar-refractivity contribution is -0.134. The van der Waals surface area contributed by atoms with E-state index in [0.29, 0.717) is 19.8 Å². The van der Waals surface area contributed by atoms with E-state index in [9.17, 15) is 4.79 Å². The van der Waals surface area contributed by atoms with Gasteiger partial charge in [-0.1, -0.05) is 6.42 Å². The largest absolute Gasteiger partial charge is 0.378 e. The number of hydrogen-bond donors (Lipinski definition) is 1. The molecule has 1 amide bonds. The summed E-state index contributed by atoms with van der Waals surface area (Å²) in [5, 5.41) is 3.28. The standard InChI is InChI=1S/C15H29N3O2/c1-14-5-2-3-7-17(14)8-4-6-16-13-15(19)18-9-11-20-12-10-18/h14,16H,2-13H2,1H3. The zero-order valence-corrected chi connectivity index (χ0v) is 12.8. The molecule has 2 fully saturated rings. The Hall–Kier alpha value is -0.650. The number of amides is 1. The van der Waals surface area contributed by atoms with Crippen LogP contribution in [-0.2, 0) is 9.53 Å². The molecule has 5 nitrogen and oxygen atoms in total. The summed E-state index contributed by atoms with van der Waals surface area (Å²) in [5.74, 6) is 0.208. The van der Waals surface area contributed by atoms with E-state index in [1.807, 2.05) is 4.90 Å². The molecule has 2 heterocycles. The molecule has 2 saturated heterocycles. The van der Waals surface area contributed by atoms with Crippen LogP contribution in [0.5, 0.6) is 0 Å². The number of piperidine rings is 1. The maximum Gasteiger partial charge on any atom is 0.236 e. The third-order valence-corrected chi connectivity index (χ3v) is 4.38. The predicted octanol–water partition coefficient (Wildman–Crippen LogP) is 0.699. The zero-order chi connectivity index (χ0) is 14.2.